The maximum atomic E-state index is 13.9. The quantitative estimate of drug-likeness (QED) is 0.541. The number of carbonyl (C=O) groups is 1. The van der Waals surface area contributed by atoms with E-state index in [1.807, 2.05) is 0 Å². The Morgan fingerprint density at radius 1 is 1.06 bits per heavy atom. The molecule has 4 rings (SSSR count). The smallest absolute Gasteiger partial charge is 0.416 e. The van der Waals surface area contributed by atoms with Gasteiger partial charge < -0.3 is 4.74 Å². The molecule has 0 saturated heterocycles. The molecule has 0 N–H and O–H groups in total. The van der Waals surface area contributed by atoms with E-state index in [9.17, 15) is 26.4 Å². The molecule has 0 amide bonds. The molecular weight excluding hydrogens is 469 g/mol. The van der Waals surface area contributed by atoms with Gasteiger partial charge in [-0.05, 0) is 17.7 Å². The van der Waals surface area contributed by atoms with Gasteiger partial charge in [0.2, 0.25) is 5.78 Å². The van der Waals surface area contributed by atoms with Gasteiger partial charge >= 0.3 is 6.18 Å². The van der Waals surface area contributed by atoms with Crippen LogP contribution in [0, 0.1) is 0 Å². The van der Waals surface area contributed by atoms with Crippen molar-refractivity contribution in [1.29, 1.82) is 0 Å². The predicted octanol–water partition coefficient (Wildman–Crippen LogP) is 4.58. The molecule has 2 heterocycles. The zero-order valence-corrected chi connectivity index (χ0v) is 17.7. The average molecular weight is 483 g/mol. The number of hydrogen-bond donors (Lipinski definition) is 0. The predicted molar refractivity (Wildman–Crippen MR) is 109 cm³/mol. The monoisotopic (exact) mass is 482 g/mol. The largest absolute Gasteiger partial charge is 0.487 e. The summed E-state index contributed by atoms with van der Waals surface area (Å²) in [5, 5.41) is -2.44. The zero-order chi connectivity index (χ0) is 23.1. The molecule has 3 aromatic rings. The fourth-order valence-corrected chi connectivity index (χ4v) is 5.52. The third-order valence-electron chi connectivity index (χ3n) is 4.88. The van der Waals surface area contributed by atoms with Gasteiger partial charge in [0.25, 0.3) is 0 Å². The van der Waals surface area contributed by atoms with Crippen LogP contribution in [0.4, 0.5) is 13.2 Å². The van der Waals surface area contributed by atoms with E-state index >= 15 is 0 Å². The number of fused-ring (bicyclic) bond motifs is 1. The SMILES string of the molecule is O=C1c2nccnc2CS(=O)(=O)C1c1c(C(F)(F)F)ccc(Cl)c1OCc1ccccc1. The summed E-state index contributed by atoms with van der Waals surface area (Å²) in [5.74, 6) is -2.37. The summed E-state index contributed by atoms with van der Waals surface area (Å²) in [6, 6.07) is 10.1. The van der Waals surface area contributed by atoms with Crippen molar-refractivity contribution in [3.8, 4) is 5.75 Å². The van der Waals surface area contributed by atoms with Gasteiger partial charge in [-0.15, -0.1) is 0 Å². The van der Waals surface area contributed by atoms with Gasteiger partial charge in [-0.2, -0.15) is 13.2 Å². The van der Waals surface area contributed by atoms with Gasteiger partial charge in [0.1, 0.15) is 18.1 Å². The highest BCUT2D eigenvalue weighted by atomic mass is 35.5. The van der Waals surface area contributed by atoms with Crippen molar-refractivity contribution in [2.75, 3.05) is 0 Å². The summed E-state index contributed by atoms with van der Waals surface area (Å²) in [6.45, 7) is -0.188. The first kappa shape index (κ1) is 22.2. The molecule has 1 aliphatic rings. The molecule has 2 aromatic carbocycles. The van der Waals surface area contributed by atoms with Crippen LogP contribution in [0.15, 0.2) is 54.9 Å². The minimum Gasteiger partial charge on any atom is -0.487 e. The molecule has 11 heteroatoms. The van der Waals surface area contributed by atoms with Crippen LogP contribution in [0.5, 0.6) is 5.75 Å². The maximum absolute atomic E-state index is 13.9. The lowest BCUT2D eigenvalue weighted by atomic mass is 9.97. The molecule has 32 heavy (non-hydrogen) atoms. The zero-order valence-electron chi connectivity index (χ0n) is 16.1. The summed E-state index contributed by atoms with van der Waals surface area (Å²) in [7, 11) is -4.43. The second-order valence-corrected chi connectivity index (χ2v) is 9.51. The molecule has 0 fully saturated rings. The Kier molecular flexibility index (Phi) is 5.68. The molecule has 1 aliphatic heterocycles. The van der Waals surface area contributed by atoms with Crippen LogP contribution in [0.2, 0.25) is 5.02 Å². The van der Waals surface area contributed by atoms with Crippen LogP contribution in [-0.2, 0) is 28.4 Å². The molecule has 0 spiro atoms. The normalized spacial score (nSPS) is 17.6. The van der Waals surface area contributed by atoms with E-state index in [1.165, 1.54) is 12.4 Å². The van der Waals surface area contributed by atoms with E-state index in [4.69, 9.17) is 16.3 Å². The molecule has 1 atom stereocenters. The van der Waals surface area contributed by atoms with Gasteiger partial charge in [-0.3, -0.25) is 9.78 Å². The van der Waals surface area contributed by atoms with E-state index in [2.05, 4.69) is 9.97 Å². The Bertz CT molecular complexity index is 1300. The molecule has 0 saturated carbocycles. The van der Waals surface area contributed by atoms with Gasteiger partial charge in [0, 0.05) is 18.0 Å². The molecule has 166 valence electrons. The number of Topliss-reactive ketones (excluding diaryl/α,β-unsaturated/α-hetero) is 1. The van der Waals surface area contributed by atoms with Crippen LogP contribution in [0.25, 0.3) is 0 Å². The van der Waals surface area contributed by atoms with Crippen LogP contribution in [-0.4, -0.2) is 24.2 Å². The number of rotatable bonds is 4. The van der Waals surface area contributed by atoms with Gasteiger partial charge in [-0.25, -0.2) is 13.4 Å². The van der Waals surface area contributed by atoms with Crippen molar-refractivity contribution < 1.29 is 31.1 Å². The van der Waals surface area contributed by atoms with Crippen molar-refractivity contribution in [2.24, 2.45) is 0 Å². The number of sulfone groups is 1. The van der Waals surface area contributed by atoms with E-state index in [-0.39, 0.29) is 23.0 Å². The van der Waals surface area contributed by atoms with E-state index < -0.39 is 49.7 Å². The number of ether oxygens (including phenoxy) is 1. The summed E-state index contributed by atoms with van der Waals surface area (Å²) < 4.78 is 73.4. The lowest BCUT2D eigenvalue weighted by Crippen LogP contribution is -2.33. The first-order chi connectivity index (χ1) is 15.1. The Hall–Kier alpha value is -2.98. The molecule has 1 unspecified atom stereocenters. The number of benzene rings is 2. The second kappa shape index (κ2) is 8.18. The molecule has 6 nitrogen and oxygen atoms in total. The number of carbonyl (C=O) groups excluding carboxylic acids is 1. The molecule has 0 radical (unpaired) electrons. The van der Waals surface area contributed by atoms with E-state index in [0.29, 0.717) is 11.6 Å². The highest BCUT2D eigenvalue weighted by Gasteiger charge is 2.48. The summed E-state index contributed by atoms with van der Waals surface area (Å²) in [5.41, 5.74) is -1.96. The number of alkyl halides is 3. The minimum atomic E-state index is -4.97. The Morgan fingerprint density at radius 2 is 1.75 bits per heavy atom. The molecule has 1 aromatic heterocycles. The third-order valence-corrected chi connectivity index (χ3v) is 7.03. The van der Waals surface area contributed by atoms with Crippen LogP contribution in [0.3, 0.4) is 0 Å². The molecular formula is C21H14ClF3N2O4S. The van der Waals surface area contributed by atoms with Crippen molar-refractivity contribution >= 4 is 27.2 Å². The number of hydrogen-bond acceptors (Lipinski definition) is 6. The molecule has 0 bridgehead atoms. The lowest BCUT2D eigenvalue weighted by Gasteiger charge is -2.27. The van der Waals surface area contributed by atoms with Crippen LogP contribution < -0.4 is 4.74 Å². The Labute approximate surface area is 186 Å². The standard InChI is InChI=1S/C21H14ClF3N2O4S/c22-14-7-6-13(21(23,24)25)16(19(14)31-10-12-4-2-1-3-5-12)20-18(28)17-15(11-32(20,29)30)26-8-9-27-17/h1-9,20H,10-11H2. The Morgan fingerprint density at radius 3 is 2.44 bits per heavy atom. The van der Waals surface area contributed by atoms with Crippen LogP contribution >= 0.6 is 11.6 Å². The van der Waals surface area contributed by atoms with Crippen molar-refractivity contribution in [3.05, 3.63) is 88.0 Å². The van der Waals surface area contributed by atoms with Crippen molar-refractivity contribution in [2.45, 2.75) is 23.8 Å². The number of aromatic nitrogens is 2. The fraction of sp³-hybridized carbons (Fsp3) is 0.190. The van der Waals surface area contributed by atoms with Gasteiger partial charge in [0.15, 0.2) is 15.1 Å². The summed E-state index contributed by atoms with van der Waals surface area (Å²) in [6.07, 6.45) is -2.60. The Balaban J connectivity index is 1.92. The number of halogens is 4. The molecule has 0 aliphatic carbocycles. The topological polar surface area (TPSA) is 86.2 Å². The number of nitrogens with zero attached hydrogens (tertiary/aromatic N) is 2. The summed E-state index contributed by atoms with van der Waals surface area (Å²) >= 11 is 6.15. The van der Waals surface area contributed by atoms with Crippen molar-refractivity contribution in [1.82, 2.24) is 9.97 Å². The third kappa shape index (κ3) is 4.07. The lowest BCUT2D eigenvalue weighted by molar-refractivity contribution is -0.138. The minimum absolute atomic E-state index is 0.115. The fourth-order valence-electron chi connectivity index (χ4n) is 3.51. The van der Waals surface area contributed by atoms with Gasteiger partial charge in [0.05, 0.1) is 22.0 Å². The first-order valence-corrected chi connectivity index (χ1v) is 11.3. The highest BCUT2D eigenvalue weighted by molar-refractivity contribution is 7.91. The van der Waals surface area contributed by atoms with E-state index in [1.54, 1.807) is 30.3 Å². The van der Waals surface area contributed by atoms with Crippen LogP contribution in [0.1, 0.15) is 38.1 Å². The van der Waals surface area contributed by atoms with Gasteiger partial charge in [-0.1, -0.05) is 41.9 Å². The number of ketones is 1. The van der Waals surface area contributed by atoms with E-state index in [0.717, 1.165) is 6.07 Å². The van der Waals surface area contributed by atoms with Crippen molar-refractivity contribution in [3.63, 3.8) is 0 Å². The average Bonchev–Trinajstić information content (AvgIpc) is 2.72. The highest BCUT2D eigenvalue weighted by Crippen LogP contribution is 2.47. The maximum Gasteiger partial charge on any atom is 0.416 e. The summed E-state index contributed by atoms with van der Waals surface area (Å²) in [4.78, 5) is 20.8. The second-order valence-electron chi connectivity index (χ2n) is 7.01. The first-order valence-electron chi connectivity index (χ1n) is 9.21.